The molecule has 4 atom stereocenters. The number of piperidine rings is 2. The van der Waals surface area contributed by atoms with Crippen LogP contribution in [0.2, 0.25) is 0 Å². The van der Waals surface area contributed by atoms with Gasteiger partial charge in [-0.05, 0) is 58.5 Å². The third-order valence-electron chi connectivity index (χ3n) is 5.58. The van der Waals surface area contributed by atoms with Crippen LogP contribution in [0.15, 0.2) is 0 Å². The molecule has 0 amide bonds. The van der Waals surface area contributed by atoms with Gasteiger partial charge in [-0.3, -0.25) is 9.69 Å². The lowest BCUT2D eigenvalue weighted by Gasteiger charge is -2.61. The van der Waals surface area contributed by atoms with Crippen LogP contribution in [0.4, 0.5) is 0 Å². The van der Waals surface area contributed by atoms with Crippen LogP contribution in [0.5, 0.6) is 0 Å². The largest absolute Gasteiger partial charge is 0.466 e. The number of rotatable bonds is 2. The van der Waals surface area contributed by atoms with E-state index in [1.807, 2.05) is 6.92 Å². The van der Waals surface area contributed by atoms with Gasteiger partial charge >= 0.3 is 5.97 Å². The smallest absolute Gasteiger partial charge is 0.313 e. The summed E-state index contributed by atoms with van der Waals surface area (Å²) in [6.07, 6.45) is 3.56. The second-order valence-electron chi connectivity index (χ2n) is 6.57. The maximum Gasteiger partial charge on any atom is 0.313 e. The lowest BCUT2D eigenvalue weighted by atomic mass is 9.56. The van der Waals surface area contributed by atoms with E-state index in [1.54, 1.807) is 0 Å². The molecular formula is C15H25NO4. The molecule has 0 bridgehead atoms. The summed E-state index contributed by atoms with van der Waals surface area (Å²) >= 11 is 0. The monoisotopic (exact) mass is 283 g/mol. The summed E-state index contributed by atoms with van der Waals surface area (Å²) in [7, 11) is 0. The van der Waals surface area contributed by atoms with Gasteiger partial charge in [-0.15, -0.1) is 0 Å². The molecule has 2 heterocycles. The third-order valence-corrected chi connectivity index (χ3v) is 5.58. The van der Waals surface area contributed by atoms with Gasteiger partial charge < -0.3 is 14.9 Å². The Labute approximate surface area is 119 Å². The molecule has 4 unspecified atom stereocenters. The highest BCUT2D eigenvalue weighted by atomic mass is 16.5. The summed E-state index contributed by atoms with van der Waals surface area (Å²) in [6, 6.07) is -0.278. The zero-order chi connectivity index (χ0) is 14.4. The van der Waals surface area contributed by atoms with Crippen molar-refractivity contribution in [1.82, 2.24) is 4.90 Å². The van der Waals surface area contributed by atoms with Crippen molar-refractivity contribution in [1.29, 1.82) is 0 Å². The number of carbonyl (C=O) groups is 1. The van der Waals surface area contributed by atoms with Crippen molar-refractivity contribution in [3.05, 3.63) is 0 Å². The highest BCUT2D eigenvalue weighted by molar-refractivity contribution is 5.78. The Morgan fingerprint density at radius 1 is 1.30 bits per heavy atom. The number of hydrogen-bond donors (Lipinski definition) is 2. The quantitative estimate of drug-likeness (QED) is 0.729. The van der Waals surface area contributed by atoms with Gasteiger partial charge in [-0.25, -0.2) is 0 Å². The number of nitrogens with zero attached hydrogens (tertiary/aromatic N) is 1. The molecule has 3 fully saturated rings. The predicted octanol–water partition coefficient (Wildman–Crippen LogP) is 0.680. The lowest BCUT2D eigenvalue weighted by Crippen LogP contribution is -2.74. The molecule has 0 aromatic heterocycles. The summed E-state index contributed by atoms with van der Waals surface area (Å²) < 4.78 is 5.33. The topological polar surface area (TPSA) is 70.0 Å². The Morgan fingerprint density at radius 3 is 2.70 bits per heavy atom. The van der Waals surface area contributed by atoms with Crippen molar-refractivity contribution in [3.63, 3.8) is 0 Å². The van der Waals surface area contributed by atoms with Gasteiger partial charge in [0.1, 0.15) is 5.60 Å². The van der Waals surface area contributed by atoms with Crippen molar-refractivity contribution < 1.29 is 19.7 Å². The second-order valence-corrected chi connectivity index (χ2v) is 6.57. The highest BCUT2D eigenvalue weighted by Crippen LogP contribution is 2.53. The zero-order valence-electron chi connectivity index (χ0n) is 12.2. The first-order chi connectivity index (χ1) is 9.54. The Kier molecular flexibility index (Phi) is 3.55. The lowest BCUT2D eigenvalue weighted by molar-refractivity contribution is -0.231. The minimum absolute atomic E-state index is 0.179. The predicted molar refractivity (Wildman–Crippen MR) is 73.1 cm³/mol. The van der Waals surface area contributed by atoms with Gasteiger partial charge in [-0.2, -0.15) is 0 Å². The van der Waals surface area contributed by atoms with E-state index in [-0.39, 0.29) is 12.0 Å². The van der Waals surface area contributed by atoms with Gasteiger partial charge in [0, 0.05) is 0 Å². The van der Waals surface area contributed by atoms with E-state index in [1.165, 1.54) is 0 Å². The highest BCUT2D eigenvalue weighted by Gasteiger charge is 2.64. The SMILES string of the molecule is CCOC(=O)C12CCCN3CCCC(O)(C(O)CC1)C32. The van der Waals surface area contributed by atoms with Crippen molar-refractivity contribution in [2.45, 2.75) is 63.2 Å². The molecule has 0 aromatic carbocycles. The van der Waals surface area contributed by atoms with Crippen LogP contribution in [0, 0.1) is 5.41 Å². The van der Waals surface area contributed by atoms with Crippen molar-refractivity contribution in [3.8, 4) is 0 Å². The van der Waals surface area contributed by atoms with Crippen LogP contribution < -0.4 is 0 Å². The summed E-state index contributed by atoms with van der Waals surface area (Å²) in [5.41, 5.74) is -1.77. The molecule has 1 aliphatic carbocycles. The van der Waals surface area contributed by atoms with Crippen LogP contribution in [0.1, 0.15) is 45.4 Å². The summed E-state index contributed by atoms with van der Waals surface area (Å²) in [4.78, 5) is 14.8. The number of aliphatic hydroxyl groups is 2. The Balaban J connectivity index is 2.01. The van der Waals surface area contributed by atoms with E-state index < -0.39 is 17.1 Å². The standard InChI is InChI=1S/C15H25NO4/c1-2-20-13(18)14-6-3-9-16-10-4-7-15(19,12(14)16)11(17)5-8-14/h11-12,17,19H,2-10H2,1H3. The first kappa shape index (κ1) is 14.3. The van der Waals surface area contributed by atoms with Gasteiger partial charge in [0.05, 0.1) is 24.2 Å². The molecule has 5 nitrogen and oxygen atoms in total. The van der Waals surface area contributed by atoms with Crippen LogP contribution in [-0.4, -0.2) is 58.5 Å². The van der Waals surface area contributed by atoms with Crippen molar-refractivity contribution >= 4 is 5.97 Å². The fourth-order valence-electron chi connectivity index (χ4n) is 4.80. The summed E-state index contributed by atoms with van der Waals surface area (Å²) in [6.45, 7) is 4.00. The molecule has 3 rings (SSSR count). The molecule has 0 spiro atoms. The second kappa shape index (κ2) is 4.97. The van der Waals surface area contributed by atoms with Gasteiger partial charge in [0.15, 0.2) is 0 Å². The molecule has 3 aliphatic rings. The van der Waals surface area contributed by atoms with Gasteiger partial charge in [-0.1, -0.05) is 0 Å². The summed E-state index contributed by atoms with van der Waals surface area (Å²) in [5, 5.41) is 21.4. The zero-order valence-corrected chi connectivity index (χ0v) is 12.2. The van der Waals surface area contributed by atoms with Crippen LogP contribution in [-0.2, 0) is 9.53 Å². The molecule has 114 valence electrons. The van der Waals surface area contributed by atoms with E-state index in [0.29, 0.717) is 25.9 Å². The average molecular weight is 283 g/mol. The van der Waals surface area contributed by atoms with E-state index in [9.17, 15) is 15.0 Å². The molecule has 0 radical (unpaired) electrons. The molecular weight excluding hydrogens is 258 g/mol. The maximum absolute atomic E-state index is 12.6. The molecule has 5 heteroatoms. The first-order valence-electron chi connectivity index (χ1n) is 7.86. The van der Waals surface area contributed by atoms with Crippen LogP contribution in [0.25, 0.3) is 0 Å². The minimum atomic E-state index is -1.15. The van der Waals surface area contributed by atoms with Gasteiger partial charge in [0.2, 0.25) is 0 Å². The Morgan fingerprint density at radius 2 is 2.00 bits per heavy atom. The van der Waals surface area contributed by atoms with E-state index in [0.717, 1.165) is 32.4 Å². The maximum atomic E-state index is 12.6. The molecule has 2 aliphatic heterocycles. The molecule has 0 aromatic rings. The fourth-order valence-corrected chi connectivity index (χ4v) is 4.80. The van der Waals surface area contributed by atoms with Crippen molar-refractivity contribution in [2.24, 2.45) is 5.41 Å². The van der Waals surface area contributed by atoms with Crippen LogP contribution in [0.3, 0.4) is 0 Å². The number of aliphatic hydroxyl groups excluding tert-OH is 1. The number of ether oxygens (including phenoxy) is 1. The third kappa shape index (κ3) is 1.83. The fraction of sp³-hybridized carbons (Fsp3) is 0.933. The molecule has 2 N–H and O–H groups in total. The normalized spacial score (nSPS) is 44.8. The molecule has 1 saturated carbocycles. The van der Waals surface area contributed by atoms with E-state index in [2.05, 4.69) is 4.90 Å². The Bertz CT molecular complexity index is 399. The molecule has 20 heavy (non-hydrogen) atoms. The summed E-state index contributed by atoms with van der Waals surface area (Å²) in [5.74, 6) is -0.179. The average Bonchev–Trinajstić information content (AvgIpc) is 2.44. The van der Waals surface area contributed by atoms with E-state index >= 15 is 0 Å². The minimum Gasteiger partial charge on any atom is -0.466 e. The Hall–Kier alpha value is -0.650. The van der Waals surface area contributed by atoms with Crippen molar-refractivity contribution in [2.75, 3.05) is 19.7 Å². The number of esters is 1. The molecule has 2 saturated heterocycles. The van der Waals surface area contributed by atoms with E-state index in [4.69, 9.17) is 4.74 Å². The first-order valence-corrected chi connectivity index (χ1v) is 7.86. The number of carbonyl (C=O) groups excluding carboxylic acids is 1. The van der Waals surface area contributed by atoms with Gasteiger partial charge in [0.25, 0.3) is 0 Å². The number of hydrogen-bond acceptors (Lipinski definition) is 5. The van der Waals surface area contributed by atoms with Crippen LogP contribution >= 0.6 is 0 Å².